The monoisotopic (exact) mass is 244 g/mol. The molecule has 1 aromatic carbocycles. The third kappa shape index (κ3) is 3.62. The van der Waals surface area contributed by atoms with Crippen LogP contribution in [0.4, 0.5) is 0 Å². The van der Waals surface area contributed by atoms with E-state index in [0.717, 1.165) is 0 Å². The molecule has 1 aromatic rings. The lowest BCUT2D eigenvalue weighted by Crippen LogP contribution is -2.37. The van der Waals surface area contributed by atoms with Gasteiger partial charge in [-0.15, -0.1) is 12.4 Å². The zero-order valence-corrected chi connectivity index (χ0v) is 10.5. The Morgan fingerprint density at radius 2 is 2.00 bits per heavy atom. The van der Waals surface area contributed by atoms with Crippen molar-refractivity contribution < 1.29 is 8.91 Å². The first kappa shape index (κ1) is 10.3. The fourth-order valence-corrected chi connectivity index (χ4v) is 1.56. The Morgan fingerprint density at radius 1 is 1.38 bits per heavy atom. The summed E-state index contributed by atoms with van der Waals surface area (Å²) < 4.78 is 22.5. The number of likely N-dealkylation sites (N-methyl/N-ethyl adjacent to an activating group) is 1. The Kier molecular flexibility index (Phi) is 4.78. The number of carbonyl (C=O) groups is 1. The molecule has 16 heavy (non-hydrogen) atoms. The van der Waals surface area contributed by atoms with Gasteiger partial charge in [-0.3, -0.25) is 9.69 Å². The molecule has 0 aliphatic rings. The number of halogens is 1. The highest BCUT2D eigenvalue weighted by molar-refractivity contribution is 6.00. The van der Waals surface area contributed by atoms with Gasteiger partial charge in [-0.1, -0.05) is 44.2 Å². The van der Waals surface area contributed by atoms with Gasteiger partial charge in [-0.25, -0.2) is 0 Å². The molecule has 0 amide bonds. The Morgan fingerprint density at radius 3 is 2.44 bits per heavy atom. The zero-order valence-electron chi connectivity index (χ0n) is 12.6. The van der Waals surface area contributed by atoms with Crippen molar-refractivity contribution in [2.75, 3.05) is 13.5 Å². The predicted octanol–water partition coefficient (Wildman–Crippen LogP) is 3.02. The molecule has 2 nitrogen and oxygen atoms in total. The van der Waals surface area contributed by atoms with E-state index in [4.69, 9.17) is 4.11 Å². The Balaban J connectivity index is 0.00000324. The van der Waals surface area contributed by atoms with Gasteiger partial charge in [0.25, 0.3) is 0 Å². The summed E-state index contributed by atoms with van der Waals surface area (Å²) in [6.45, 7) is 1.68. The average molecular weight is 245 g/mol. The molecule has 1 atom stereocenters. The van der Waals surface area contributed by atoms with Crippen LogP contribution in [0.5, 0.6) is 0 Å². The van der Waals surface area contributed by atoms with Crippen LogP contribution in [0.25, 0.3) is 0 Å². The molecular formula is C13H20ClNO. The molecule has 0 aliphatic heterocycles. The minimum Gasteiger partial charge on any atom is -0.297 e. The summed E-state index contributed by atoms with van der Waals surface area (Å²) in [5, 5.41) is 0. The second kappa shape index (κ2) is 7.42. The maximum Gasteiger partial charge on any atom is 0.179 e. The van der Waals surface area contributed by atoms with Crippen molar-refractivity contribution in [2.24, 2.45) is 0 Å². The highest BCUT2D eigenvalue weighted by atomic mass is 35.5. The molecule has 0 saturated heterocycles. The molecule has 90 valence electrons. The van der Waals surface area contributed by atoms with Crippen molar-refractivity contribution in [1.82, 2.24) is 4.90 Å². The Bertz CT molecular complexity index is 395. The normalized spacial score (nSPS) is 15.6. The summed E-state index contributed by atoms with van der Waals surface area (Å²) in [6.07, 6.45) is 0.486. The van der Waals surface area contributed by atoms with Crippen molar-refractivity contribution in [3.05, 3.63) is 35.9 Å². The van der Waals surface area contributed by atoms with Crippen LogP contribution >= 0.6 is 12.4 Å². The minimum atomic E-state index is -2.24. The molecule has 0 spiro atoms. The largest absolute Gasteiger partial charge is 0.297 e. The van der Waals surface area contributed by atoms with Gasteiger partial charge >= 0.3 is 0 Å². The van der Waals surface area contributed by atoms with Crippen molar-refractivity contribution in [2.45, 2.75) is 26.3 Å². The van der Waals surface area contributed by atoms with Crippen molar-refractivity contribution in [3.8, 4) is 0 Å². The molecule has 0 aliphatic carbocycles. The van der Waals surface area contributed by atoms with E-state index in [1.807, 2.05) is 13.0 Å². The van der Waals surface area contributed by atoms with Gasteiger partial charge in [0, 0.05) is 9.68 Å². The van der Waals surface area contributed by atoms with Crippen LogP contribution in [0.3, 0.4) is 0 Å². The molecule has 0 bridgehead atoms. The third-order valence-corrected chi connectivity index (χ3v) is 2.46. The van der Waals surface area contributed by atoms with Crippen LogP contribution in [0.1, 0.15) is 34.7 Å². The first-order valence-corrected chi connectivity index (χ1v) is 5.27. The van der Waals surface area contributed by atoms with E-state index in [9.17, 15) is 4.79 Å². The van der Waals surface area contributed by atoms with E-state index in [1.54, 1.807) is 31.2 Å². The van der Waals surface area contributed by atoms with Gasteiger partial charge in [-0.2, -0.15) is 0 Å². The molecule has 0 saturated carbocycles. The number of ketones is 1. The lowest BCUT2D eigenvalue weighted by Gasteiger charge is -2.24. The molecule has 0 aromatic heterocycles. The molecule has 0 heterocycles. The van der Waals surface area contributed by atoms with Crippen LogP contribution in [0.15, 0.2) is 30.3 Å². The van der Waals surface area contributed by atoms with E-state index >= 15 is 0 Å². The SMILES string of the molecule is Cl.[2H]C([2H])([2H])N(CC)C(CC)C(=O)c1ccccc1. The molecular weight excluding hydrogens is 222 g/mol. The Labute approximate surface area is 108 Å². The number of rotatable bonds is 5. The van der Waals surface area contributed by atoms with Crippen molar-refractivity contribution in [1.29, 1.82) is 0 Å². The number of nitrogens with zero attached hydrogens (tertiary/aromatic N) is 1. The second-order valence-corrected chi connectivity index (χ2v) is 3.44. The summed E-state index contributed by atoms with van der Waals surface area (Å²) in [5.41, 5.74) is 0.562. The van der Waals surface area contributed by atoms with Gasteiger partial charge in [0.2, 0.25) is 0 Å². The highest BCUT2D eigenvalue weighted by Crippen LogP contribution is 2.10. The van der Waals surface area contributed by atoms with Crippen molar-refractivity contribution in [3.63, 3.8) is 0 Å². The molecule has 1 unspecified atom stereocenters. The quantitative estimate of drug-likeness (QED) is 0.743. The van der Waals surface area contributed by atoms with Crippen LogP contribution in [-0.2, 0) is 0 Å². The number of carbonyl (C=O) groups excluding carboxylic acids is 1. The summed E-state index contributed by atoms with van der Waals surface area (Å²) in [7, 11) is 0. The van der Waals surface area contributed by atoms with Gasteiger partial charge < -0.3 is 0 Å². The summed E-state index contributed by atoms with van der Waals surface area (Å²) in [4.78, 5) is 13.6. The maximum absolute atomic E-state index is 12.3. The smallest absolute Gasteiger partial charge is 0.179 e. The van der Waals surface area contributed by atoms with Crippen LogP contribution in [0, 0.1) is 0 Å². The van der Waals surface area contributed by atoms with Gasteiger partial charge in [0.1, 0.15) is 0 Å². The maximum atomic E-state index is 12.3. The minimum absolute atomic E-state index is 0. The van der Waals surface area contributed by atoms with Gasteiger partial charge in [0.15, 0.2) is 5.78 Å². The fraction of sp³-hybridized carbons (Fsp3) is 0.462. The number of Topliss-reactive ketones (excluding diaryl/α,β-unsaturated/α-hetero) is 1. The van der Waals surface area contributed by atoms with E-state index in [1.165, 1.54) is 4.90 Å². The summed E-state index contributed by atoms with van der Waals surface area (Å²) >= 11 is 0. The average Bonchev–Trinajstić information content (AvgIpc) is 2.34. The van der Waals surface area contributed by atoms with Gasteiger partial charge in [0.05, 0.1) is 6.04 Å². The van der Waals surface area contributed by atoms with Crippen LogP contribution < -0.4 is 0 Å². The number of hydrogen-bond acceptors (Lipinski definition) is 2. The van der Waals surface area contributed by atoms with Crippen LogP contribution in [0.2, 0.25) is 0 Å². The number of hydrogen-bond donors (Lipinski definition) is 0. The van der Waals surface area contributed by atoms with E-state index in [0.29, 0.717) is 18.5 Å². The second-order valence-electron chi connectivity index (χ2n) is 3.44. The third-order valence-electron chi connectivity index (χ3n) is 2.46. The molecule has 0 N–H and O–H groups in total. The first-order valence-electron chi connectivity index (χ1n) is 6.77. The standard InChI is InChI=1S/C13H19NO.ClH/c1-4-12(14(3)5-2)13(15)11-9-7-6-8-10-11;/h6-10,12H,4-5H2,1-3H3;1H/i3D3;. The van der Waals surface area contributed by atoms with E-state index in [-0.39, 0.29) is 18.2 Å². The molecule has 3 heteroatoms. The first-order chi connectivity index (χ1) is 8.41. The fourth-order valence-electron chi connectivity index (χ4n) is 1.56. The molecule has 0 fully saturated rings. The Hall–Kier alpha value is -0.860. The van der Waals surface area contributed by atoms with Gasteiger partial charge in [-0.05, 0) is 19.9 Å². The van der Waals surface area contributed by atoms with Crippen LogP contribution in [-0.4, -0.2) is 30.2 Å². The lowest BCUT2D eigenvalue weighted by atomic mass is 10.0. The zero-order chi connectivity index (χ0) is 13.8. The summed E-state index contributed by atoms with van der Waals surface area (Å²) in [5.74, 6) is -0.129. The lowest BCUT2D eigenvalue weighted by molar-refractivity contribution is 0.0852. The van der Waals surface area contributed by atoms with E-state index in [2.05, 4.69) is 0 Å². The predicted molar refractivity (Wildman–Crippen MR) is 70.4 cm³/mol. The topological polar surface area (TPSA) is 20.3 Å². The highest BCUT2D eigenvalue weighted by Gasteiger charge is 2.20. The molecule has 1 rings (SSSR count). The van der Waals surface area contributed by atoms with E-state index < -0.39 is 13.0 Å². The van der Waals surface area contributed by atoms with Crippen molar-refractivity contribution >= 4 is 18.2 Å². The summed E-state index contributed by atoms with van der Waals surface area (Å²) in [6, 6.07) is 8.25. The molecule has 0 radical (unpaired) electrons. The number of benzene rings is 1.